The third-order valence-electron chi connectivity index (χ3n) is 5.47. The Hall–Kier alpha value is -4.36. The lowest BCUT2D eigenvalue weighted by Crippen LogP contribution is -2.38. The number of amides is 1. The molecule has 4 aromatic rings. The van der Waals surface area contributed by atoms with Crippen LogP contribution in [0.3, 0.4) is 0 Å². The van der Waals surface area contributed by atoms with E-state index in [1.54, 1.807) is 36.6 Å². The Morgan fingerprint density at radius 1 is 1.26 bits per heavy atom. The van der Waals surface area contributed by atoms with Crippen molar-refractivity contribution in [3.8, 4) is 17.0 Å². The molecule has 0 bridgehead atoms. The second kappa shape index (κ2) is 8.88. The fourth-order valence-corrected chi connectivity index (χ4v) is 3.70. The predicted octanol–water partition coefficient (Wildman–Crippen LogP) is 3.76. The number of fused-ring (bicyclic) bond motifs is 1. The van der Waals surface area contributed by atoms with Gasteiger partial charge in [-0.05, 0) is 29.8 Å². The first-order valence-electron chi connectivity index (χ1n) is 10.5. The summed E-state index contributed by atoms with van der Waals surface area (Å²) in [4.78, 5) is 26.7. The van der Waals surface area contributed by atoms with Crippen LogP contribution in [-0.2, 0) is 11.3 Å². The number of hydrogen-bond donors (Lipinski definition) is 1. The molecule has 1 saturated heterocycles. The Labute approximate surface area is 194 Å². The number of rotatable bonds is 6. The van der Waals surface area contributed by atoms with Crippen molar-refractivity contribution in [2.24, 2.45) is 0 Å². The van der Waals surface area contributed by atoms with Crippen LogP contribution in [0.1, 0.15) is 15.9 Å². The third kappa shape index (κ3) is 4.16. The van der Waals surface area contributed by atoms with Crippen LogP contribution in [0.4, 0.5) is 10.1 Å². The molecule has 1 N–H and O–H groups in total. The molecule has 1 aromatic carbocycles. The minimum Gasteiger partial charge on any atom is -0.483 e. The van der Waals surface area contributed by atoms with Gasteiger partial charge in [-0.1, -0.05) is 0 Å². The lowest BCUT2D eigenvalue weighted by molar-refractivity contribution is -0.0795. The number of nitrogens with one attached hydrogen (secondary N) is 1. The van der Waals surface area contributed by atoms with E-state index in [1.807, 2.05) is 0 Å². The lowest BCUT2D eigenvalue weighted by Gasteiger charge is -2.28. The SMILES string of the molecule is [C-]#[N+]c1cc(F)cc(-c2ncc(C(=O)N(C)Cc3cncc4cn[nH]c34)cc2OC2COC2)c1. The highest BCUT2D eigenvalue weighted by Gasteiger charge is 2.24. The molecule has 0 saturated carbocycles. The number of aromatic nitrogens is 4. The Bertz CT molecular complexity index is 1430. The number of hydrogen-bond acceptors (Lipinski definition) is 6. The summed E-state index contributed by atoms with van der Waals surface area (Å²) >= 11 is 0. The van der Waals surface area contributed by atoms with Gasteiger partial charge >= 0.3 is 0 Å². The zero-order chi connectivity index (χ0) is 23.7. The highest BCUT2D eigenvalue weighted by molar-refractivity contribution is 5.95. The number of ether oxygens (including phenoxy) is 2. The topological polar surface area (TPSA) is 97.6 Å². The minimum atomic E-state index is -0.551. The number of carbonyl (C=O) groups excluding carboxylic acids is 1. The van der Waals surface area contributed by atoms with Gasteiger partial charge in [-0.3, -0.25) is 19.9 Å². The predicted molar refractivity (Wildman–Crippen MR) is 121 cm³/mol. The van der Waals surface area contributed by atoms with Crippen molar-refractivity contribution in [1.82, 2.24) is 25.1 Å². The van der Waals surface area contributed by atoms with Crippen molar-refractivity contribution < 1.29 is 18.7 Å². The van der Waals surface area contributed by atoms with Gasteiger partial charge in [-0.15, -0.1) is 0 Å². The smallest absolute Gasteiger partial charge is 0.255 e. The first-order chi connectivity index (χ1) is 16.5. The summed E-state index contributed by atoms with van der Waals surface area (Å²) in [6, 6.07) is 5.57. The van der Waals surface area contributed by atoms with Crippen LogP contribution in [0.15, 0.2) is 49.1 Å². The van der Waals surface area contributed by atoms with Gasteiger partial charge in [-0.2, -0.15) is 5.10 Å². The molecule has 1 aliphatic rings. The Balaban J connectivity index is 1.46. The first-order valence-corrected chi connectivity index (χ1v) is 10.5. The van der Waals surface area contributed by atoms with E-state index in [9.17, 15) is 9.18 Å². The highest BCUT2D eigenvalue weighted by Crippen LogP contribution is 2.33. The monoisotopic (exact) mass is 458 g/mol. The fourth-order valence-electron chi connectivity index (χ4n) is 3.70. The van der Waals surface area contributed by atoms with Crippen LogP contribution in [0.2, 0.25) is 0 Å². The molecule has 9 nitrogen and oxygen atoms in total. The largest absolute Gasteiger partial charge is 0.483 e. The van der Waals surface area contributed by atoms with E-state index < -0.39 is 5.82 Å². The second-order valence-corrected chi connectivity index (χ2v) is 7.95. The number of H-pyrrole nitrogens is 1. The Morgan fingerprint density at radius 2 is 2.12 bits per heavy atom. The Kier molecular flexibility index (Phi) is 5.61. The zero-order valence-corrected chi connectivity index (χ0v) is 18.2. The van der Waals surface area contributed by atoms with E-state index in [0.29, 0.717) is 42.3 Å². The standard InChI is InChI=1S/C24H19FN6O3/c1-26-19-4-14(3-18(25)6-19)23-21(34-20-12-33-13-20)5-15(9-28-23)24(32)31(2)11-17-8-27-7-16-10-29-30-22(16)17/h3-10,20H,11-13H2,2H3,(H,29,30). The molecule has 0 aliphatic carbocycles. The molecule has 1 fully saturated rings. The van der Waals surface area contributed by atoms with Crippen LogP contribution < -0.4 is 4.74 Å². The molecule has 3 aromatic heterocycles. The van der Waals surface area contributed by atoms with Crippen molar-refractivity contribution in [2.45, 2.75) is 12.6 Å². The summed E-state index contributed by atoms with van der Waals surface area (Å²) < 4.78 is 25.3. The maximum atomic E-state index is 14.1. The molecule has 5 rings (SSSR count). The normalized spacial score (nSPS) is 13.3. The van der Waals surface area contributed by atoms with Gasteiger partial charge < -0.3 is 14.4 Å². The van der Waals surface area contributed by atoms with E-state index in [2.05, 4.69) is 25.0 Å². The molecular weight excluding hydrogens is 439 g/mol. The second-order valence-electron chi connectivity index (χ2n) is 7.95. The van der Waals surface area contributed by atoms with Gasteiger partial charge in [-0.25, -0.2) is 9.24 Å². The molecular formula is C24H19FN6O3. The van der Waals surface area contributed by atoms with Crippen LogP contribution in [0.25, 0.3) is 27.0 Å². The summed E-state index contributed by atoms with van der Waals surface area (Å²) in [6.45, 7) is 8.33. The molecule has 170 valence electrons. The van der Waals surface area contributed by atoms with Crippen LogP contribution >= 0.6 is 0 Å². The van der Waals surface area contributed by atoms with E-state index in [-0.39, 0.29) is 17.7 Å². The summed E-state index contributed by atoms with van der Waals surface area (Å²) in [5.74, 6) is -0.498. The van der Waals surface area contributed by atoms with Crippen molar-refractivity contribution in [3.05, 3.63) is 77.4 Å². The van der Waals surface area contributed by atoms with Crippen LogP contribution in [0, 0.1) is 12.4 Å². The van der Waals surface area contributed by atoms with Crippen molar-refractivity contribution in [2.75, 3.05) is 20.3 Å². The van der Waals surface area contributed by atoms with Gasteiger partial charge in [0, 0.05) is 43.1 Å². The highest BCUT2D eigenvalue weighted by atomic mass is 19.1. The number of nitrogens with zero attached hydrogens (tertiary/aromatic N) is 5. The van der Waals surface area contributed by atoms with E-state index in [4.69, 9.17) is 16.0 Å². The van der Waals surface area contributed by atoms with Gasteiger partial charge in [0.2, 0.25) is 0 Å². The van der Waals surface area contributed by atoms with Gasteiger partial charge in [0.15, 0.2) is 5.69 Å². The number of carbonyl (C=O) groups is 1. The molecule has 0 radical (unpaired) electrons. The molecule has 4 heterocycles. The molecule has 0 atom stereocenters. The van der Waals surface area contributed by atoms with E-state index in [0.717, 1.165) is 22.5 Å². The zero-order valence-electron chi connectivity index (χ0n) is 18.2. The van der Waals surface area contributed by atoms with Crippen molar-refractivity contribution in [1.29, 1.82) is 0 Å². The average Bonchev–Trinajstić information content (AvgIpc) is 3.30. The van der Waals surface area contributed by atoms with Gasteiger partial charge in [0.1, 0.15) is 23.4 Å². The van der Waals surface area contributed by atoms with Crippen molar-refractivity contribution in [3.63, 3.8) is 0 Å². The first kappa shape index (κ1) is 21.5. The van der Waals surface area contributed by atoms with Gasteiger partial charge in [0.25, 0.3) is 5.91 Å². The number of aromatic amines is 1. The van der Waals surface area contributed by atoms with Crippen LogP contribution in [0.5, 0.6) is 5.75 Å². The number of pyridine rings is 2. The van der Waals surface area contributed by atoms with Crippen molar-refractivity contribution >= 4 is 22.5 Å². The summed E-state index contributed by atoms with van der Waals surface area (Å²) in [5, 5.41) is 7.82. The van der Waals surface area contributed by atoms with Gasteiger partial charge in [0.05, 0.1) is 37.1 Å². The molecule has 1 amide bonds. The molecule has 34 heavy (non-hydrogen) atoms. The fraction of sp³-hybridized carbons (Fsp3) is 0.208. The summed E-state index contributed by atoms with van der Waals surface area (Å²) in [5.41, 5.74) is 2.85. The Morgan fingerprint density at radius 3 is 2.88 bits per heavy atom. The molecule has 0 spiro atoms. The summed E-state index contributed by atoms with van der Waals surface area (Å²) in [7, 11) is 1.68. The number of benzene rings is 1. The average molecular weight is 458 g/mol. The van der Waals surface area contributed by atoms with Crippen LogP contribution in [-0.4, -0.2) is 57.3 Å². The molecule has 0 unspecified atom stereocenters. The maximum Gasteiger partial charge on any atom is 0.255 e. The van der Waals surface area contributed by atoms with E-state index >= 15 is 0 Å². The minimum absolute atomic E-state index is 0.149. The summed E-state index contributed by atoms with van der Waals surface area (Å²) in [6.07, 6.45) is 6.30. The number of halogens is 1. The molecule has 1 aliphatic heterocycles. The quantitative estimate of drug-likeness (QED) is 0.442. The molecule has 10 heteroatoms. The van der Waals surface area contributed by atoms with E-state index in [1.165, 1.54) is 18.3 Å². The third-order valence-corrected chi connectivity index (χ3v) is 5.47. The lowest BCUT2D eigenvalue weighted by atomic mass is 10.1. The maximum absolute atomic E-state index is 14.1.